The van der Waals surface area contributed by atoms with Crippen LogP contribution in [0.4, 0.5) is 8.78 Å². The molecule has 2 saturated carbocycles. The van der Waals surface area contributed by atoms with Gasteiger partial charge in [0.1, 0.15) is 23.0 Å². The Morgan fingerprint density at radius 3 is 2.31 bits per heavy atom. The molecule has 26 heavy (non-hydrogen) atoms. The lowest BCUT2D eigenvalue weighted by Crippen LogP contribution is -2.38. The summed E-state index contributed by atoms with van der Waals surface area (Å²) in [6.45, 7) is 1.70. The van der Waals surface area contributed by atoms with E-state index < -0.39 is 28.7 Å². The lowest BCUT2D eigenvalue weighted by Gasteiger charge is -2.24. The second-order valence-corrected chi connectivity index (χ2v) is 7.32. The maximum absolute atomic E-state index is 13.5. The van der Waals surface area contributed by atoms with Gasteiger partial charge < -0.3 is 9.73 Å². The Hall–Kier alpha value is -2.50. The summed E-state index contributed by atoms with van der Waals surface area (Å²) >= 11 is 0. The number of hydrogen-bond donors (Lipinski definition) is 1. The molecule has 0 radical (unpaired) electrons. The third kappa shape index (κ3) is 2.93. The highest BCUT2D eigenvalue weighted by Gasteiger charge is 2.46. The van der Waals surface area contributed by atoms with Crippen molar-refractivity contribution in [2.45, 2.75) is 50.5 Å². The molecule has 1 heterocycles. The Balaban J connectivity index is 1.61. The molecule has 2 aliphatic carbocycles. The van der Waals surface area contributed by atoms with Crippen molar-refractivity contribution in [3.05, 3.63) is 68.8 Å². The molecule has 1 aromatic heterocycles. The molecule has 4 nitrogen and oxygen atoms in total. The lowest BCUT2D eigenvalue weighted by atomic mass is 9.83. The fourth-order valence-corrected chi connectivity index (χ4v) is 3.52. The summed E-state index contributed by atoms with van der Waals surface area (Å²) < 4.78 is 32.4. The number of nitrogens with one attached hydrogen (secondary N) is 1. The average Bonchev–Trinajstić information content (AvgIpc) is 3.24. The molecule has 1 aromatic carbocycles. The highest BCUT2D eigenvalue weighted by atomic mass is 19.1. The van der Waals surface area contributed by atoms with Crippen LogP contribution in [0.1, 0.15) is 65.3 Å². The van der Waals surface area contributed by atoms with Crippen molar-refractivity contribution in [1.29, 1.82) is 0 Å². The van der Waals surface area contributed by atoms with E-state index in [1.54, 1.807) is 13.0 Å². The first-order chi connectivity index (χ1) is 12.4. The van der Waals surface area contributed by atoms with Gasteiger partial charge in [-0.25, -0.2) is 13.6 Å². The molecule has 1 amide bonds. The smallest absolute Gasteiger partial charge is 0.349 e. The number of amides is 1. The number of aryl methyl sites for hydroxylation is 1. The molecule has 2 fully saturated rings. The van der Waals surface area contributed by atoms with Crippen molar-refractivity contribution < 1.29 is 18.0 Å². The van der Waals surface area contributed by atoms with Crippen LogP contribution in [0.15, 0.2) is 33.5 Å². The number of carbonyl (C=O) groups is 1. The molecule has 0 unspecified atom stereocenters. The first kappa shape index (κ1) is 16.9. The summed E-state index contributed by atoms with van der Waals surface area (Å²) in [5, 5.41) is 2.78. The van der Waals surface area contributed by atoms with E-state index in [-0.39, 0.29) is 11.5 Å². The second kappa shape index (κ2) is 6.04. The molecule has 136 valence electrons. The Bertz CT molecular complexity index is 922. The second-order valence-electron chi connectivity index (χ2n) is 7.32. The van der Waals surface area contributed by atoms with Crippen LogP contribution < -0.4 is 10.9 Å². The summed E-state index contributed by atoms with van der Waals surface area (Å²) in [6, 6.07) is 4.97. The van der Waals surface area contributed by atoms with E-state index in [1.807, 2.05) is 0 Å². The van der Waals surface area contributed by atoms with E-state index in [9.17, 15) is 18.4 Å². The maximum atomic E-state index is 13.5. The van der Waals surface area contributed by atoms with Crippen molar-refractivity contribution in [2.75, 3.05) is 0 Å². The third-order valence-electron chi connectivity index (χ3n) is 5.42. The Kier molecular flexibility index (Phi) is 3.93. The van der Waals surface area contributed by atoms with Crippen molar-refractivity contribution in [1.82, 2.24) is 5.32 Å². The van der Waals surface area contributed by atoms with Gasteiger partial charge in [0.2, 0.25) is 0 Å². The van der Waals surface area contributed by atoms with Gasteiger partial charge in [0.05, 0.1) is 5.54 Å². The van der Waals surface area contributed by atoms with Crippen LogP contribution >= 0.6 is 0 Å². The van der Waals surface area contributed by atoms with Crippen molar-refractivity contribution in [3.8, 4) is 0 Å². The topological polar surface area (TPSA) is 59.3 Å². The zero-order valence-corrected chi connectivity index (χ0v) is 14.4. The summed E-state index contributed by atoms with van der Waals surface area (Å²) in [6.07, 6.45) is 4.21. The zero-order chi connectivity index (χ0) is 18.5. The monoisotopic (exact) mass is 359 g/mol. The first-order valence-corrected chi connectivity index (χ1v) is 8.82. The van der Waals surface area contributed by atoms with Gasteiger partial charge in [-0.15, -0.1) is 0 Å². The van der Waals surface area contributed by atoms with Crippen LogP contribution in [0.25, 0.3) is 0 Å². The van der Waals surface area contributed by atoms with Gasteiger partial charge in [-0.3, -0.25) is 4.79 Å². The van der Waals surface area contributed by atoms with E-state index in [2.05, 4.69) is 5.32 Å². The minimum absolute atomic E-state index is 0.0452. The normalized spacial score (nSPS) is 18.3. The quantitative estimate of drug-likeness (QED) is 0.900. The van der Waals surface area contributed by atoms with E-state index in [0.717, 1.165) is 25.3 Å². The number of hydrogen-bond acceptors (Lipinski definition) is 3. The molecule has 0 spiro atoms. The van der Waals surface area contributed by atoms with Gasteiger partial charge in [-0.05, 0) is 61.9 Å². The Morgan fingerprint density at radius 1 is 1.15 bits per heavy atom. The van der Waals surface area contributed by atoms with Gasteiger partial charge in [-0.1, -0.05) is 6.42 Å². The van der Waals surface area contributed by atoms with Crippen LogP contribution in [-0.4, -0.2) is 5.91 Å². The first-order valence-electron chi connectivity index (χ1n) is 8.82. The highest BCUT2D eigenvalue weighted by molar-refractivity contribution is 5.96. The average molecular weight is 359 g/mol. The Labute approximate surface area is 149 Å². The standard InChI is InChI=1S/C20H19F2NO3/c1-11-7-16(12-3-2-4-12)26-19(25)17(11)18(24)23-20(5-6-20)13-8-14(21)10-15(22)9-13/h7-10,12H,2-6H2,1H3,(H,23,24). The molecule has 1 N–H and O–H groups in total. The lowest BCUT2D eigenvalue weighted by molar-refractivity contribution is 0.0925. The van der Waals surface area contributed by atoms with E-state index in [0.29, 0.717) is 29.7 Å². The van der Waals surface area contributed by atoms with Crippen molar-refractivity contribution in [3.63, 3.8) is 0 Å². The molecule has 0 aliphatic heterocycles. The molecule has 0 bridgehead atoms. The SMILES string of the molecule is Cc1cc(C2CCC2)oc(=O)c1C(=O)NC1(c2cc(F)cc(F)c2)CC1. The van der Waals surface area contributed by atoms with Gasteiger partial charge in [0.25, 0.3) is 5.91 Å². The Morgan fingerprint density at radius 2 is 1.81 bits per heavy atom. The van der Waals surface area contributed by atoms with Crippen LogP contribution in [-0.2, 0) is 5.54 Å². The van der Waals surface area contributed by atoms with Crippen LogP contribution in [0.2, 0.25) is 0 Å². The number of benzene rings is 1. The minimum atomic E-state index is -0.828. The van der Waals surface area contributed by atoms with Gasteiger partial charge in [0, 0.05) is 12.0 Å². The molecular weight excluding hydrogens is 340 g/mol. The number of rotatable bonds is 4. The molecule has 2 aliphatic rings. The molecule has 2 aromatic rings. The predicted octanol–water partition coefficient (Wildman–Crippen LogP) is 3.91. The van der Waals surface area contributed by atoms with Crippen LogP contribution in [0, 0.1) is 18.6 Å². The third-order valence-corrected chi connectivity index (χ3v) is 5.42. The molecular formula is C20H19F2NO3. The summed E-state index contributed by atoms with van der Waals surface area (Å²) in [5.74, 6) is -1.08. The summed E-state index contributed by atoms with van der Waals surface area (Å²) in [5.41, 5.74) is -0.605. The molecule has 4 rings (SSSR count). The van der Waals surface area contributed by atoms with Gasteiger partial charge in [0.15, 0.2) is 0 Å². The fourth-order valence-electron chi connectivity index (χ4n) is 3.52. The van der Waals surface area contributed by atoms with E-state index in [4.69, 9.17) is 4.42 Å². The van der Waals surface area contributed by atoms with Crippen molar-refractivity contribution in [2.24, 2.45) is 0 Å². The fraction of sp³-hybridized carbons (Fsp3) is 0.400. The predicted molar refractivity (Wildman–Crippen MR) is 91.0 cm³/mol. The van der Waals surface area contributed by atoms with Gasteiger partial charge >= 0.3 is 5.63 Å². The highest BCUT2D eigenvalue weighted by Crippen LogP contribution is 2.46. The van der Waals surface area contributed by atoms with Gasteiger partial charge in [-0.2, -0.15) is 0 Å². The summed E-state index contributed by atoms with van der Waals surface area (Å²) in [4.78, 5) is 25.0. The molecule has 0 atom stereocenters. The summed E-state index contributed by atoms with van der Waals surface area (Å²) in [7, 11) is 0. The minimum Gasteiger partial charge on any atom is -0.427 e. The number of halogens is 2. The molecule has 0 saturated heterocycles. The largest absolute Gasteiger partial charge is 0.427 e. The van der Waals surface area contributed by atoms with Crippen LogP contribution in [0.5, 0.6) is 0 Å². The van der Waals surface area contributed by atoms with E-state index >= 15 is 0 Å². The van der Waals surface area contributed by atoms with E-state index in [1.165, 1.54) is 12.1 Å². The maximum Gasteiger partial charge on any atom is 0.349 e. The zero-order valence-electron chi connectivity index (χ0n) is 14.4. The number of carbonyl (C=O) groups excluding carboxylic acids is 1. The van der Waals surface area contributed by atoms with Crippen LogP contribution in [0.3, 0.4) is 0 Å². The molecule has 6 heteroatoms. The van der Waals surface area contributed by atoms with Crippen molar-refractivity contribution >= 4 is 5.91 Å².